The zero-order chi connectivity index (χ0) is 26.1. The molecule has 1 saturated heterocycles. The van der Waals surface area contributed by atoms with Gasteiger partial charge in [0.15, 0.2) is 5.79 Å². The van der Waals surface area contributed by atoms with Crippen LogP contribution in [0.2, 0.25) is 5.02 Å². The van der Waals surface area contributed by atoms with E-state index >= 15 is 0 Å². The molecular formula is C27H28ClFN6O2. The molecule has 37 heavy (non-hydrogen) atoms. The number of benzene rings is 1. The molecule has 4 N–H and O–H groups in total. The Hall–Kier alpha value is -3.27. The highest BCUT2D eigenvalue weighted by Gasteiger charge is 2.60. The zero-order valence-corrected chi connectivity index (χ0v) is 21.4. The van der Waals surface area contributed by atoms with Crippen LogP contribution in [0.1, 0.15) is 38.3 Å². The first-order valence-electron chi connectivity index (χ1n) is 12.2. The molecule has 0 radical (unpaired) electrons. The molecule has 6 rings (SSSR count). The second-order valence-electron chi connectivity index (χ2n) is 10.4. The van der Waals surface area contributed by atoms with Gasteiger partial charge in [-0.1, -0.05) is 17.7 Å². The predicted molar refractivity (Wildman–Crippen MR) is 141 cm³/mol. The average molecular weight is 523 g/mol. The van der Waals surface area contributed by atoms with Crippen LogP contribution in [-0.2, 0) is 15.9 Å². The molecule has 3 aromatic heterocycles. The number of hydrogen-bond acceptors (Lipinski definition) is 7. The van der Waals surface area contributed by atoms with E-state index in [0.717, 1.165) is 16.6 Å². The molecule has 0 spiro atoms. The maximum atomic E-state index is 15.0. The zero-order valence-electron chi connectivity index (χ0n) is 20.6. The molecule has 4 aromatic rings. The second-order valence-corrected chi connectivity index (χ2v) is 10.9. The lowest BCUT2D eigenvalue weighted by Crippen LogP contribution is -2.34. The number of nitrogens with zero attached hydrogens (tertiary/aromatic N) is 4. The number of halogens is 2. The summed E-state index contributed by atoms with van der Waals surface area (Å²) in [7, 11) is 0. The summed E-state index contributed by atoms with van der Waals surface area (Å²) >= 11 is 6.05. The van der Waals surface area contributed by atoms with Gasteiger partial charge in [-0.25, -0.2) is 19.3 Å². The van der Waals surface area contributed by atoms with Crippen LogP contribution in [0, 0.1) is 11.2 Å². The van der Waals surface area contributed by atoms with E-state index in [-0.39, 0.29) is 34.9 Å². The molecule has 2 aliphatic rings. The summed E-state index contributed by atoms with van der Waals surface area (Å²) in [6.07, 6.45) is 6.94. The number of aryl methyl sites for hydroxylation is 1. The van der Waals surface area contributed by atoms with E-state index in [1.807, 2.05) is 38.3 Å². The maximum absolute atomic E-state index is 15.0. The van der Waals surface area contributed by atoms with Gasteiger partial charge in [0.25, 0.3) is 0 Å². The quantitative estimate of drug-likeness (QED) is 0.346. The first-order chi connectivity index (χ1) is 17.6. The van der Waals surface area contributed by atoms with E-state index in [9.17, 15) is 4.39 Å². The predicted octanol–water partition coefficient (Wildman–Crippen LogP) is 5.21. The molecule has 192 valence electrons. The highest BCUT2D eigenvalue weighted by molar-refractivity contribution is 6.33. The summed E-state index contributed by atoms with van der Waals surface area (Å²) in [5.74, 6) is -0.521. The van der Waals surface area contributed by atoms with E-state index < -0.39 is 11.2 Å². The molecule has 4 heterocycles. The number of nitrogens with two attached hydrogens (primary N) is 2. The van der Waals surface area contributed by atoms with Crippen LogP contribution in [0.5, 0.6) is 0 Å². The van der Waals surface area contributed by atoms with Crippen LogP contribution in [0.3, 0.4) is 0 Å². The van der Waals surface area contributed by atoms with Crippen molar-refractivity contribution in [3.8, 4) is 0 Å². The van der Waals surface area contributed by atoms with Crippen molar-refractivity contribution < 1.29 is 13.9 Å². The Morgan fingerprint density at radius 2 is 2.00 bits per heavy atom. The molecule has 0 unspecified atom stereocenters. The third-order valence-corrected chi connectivity index (χ3v) is 8.07. The van der Waals surface area contributed by atoms with E-state index in [1.165, 1.54) is 18.5 Å². The molecule has 1 aliphatic heterocycles. The highest BCUT2D eigenvalue weighted by atomic mass is 35.5. The van der Waals surface area contributed by atoms with E-state index in [2.05, 4.69) is 26.1 Å². The van der Waals surface area contributed by atoms with E-state index in [1.54, 1.807) is 0 Å². The Bertz CT molecular complexity index is 1560. The summed E-state index contributed by atoms with van der Waals surface area (Å²) in [5.41, 5.74) is 13.6. The van der Waals surface area contributed by atoms with Crippen LogP contribution < -0.4 is 11.5 Å². The minimum atomic E-state index is -0.755. The number of rotatable bonds is 5. The Kier molecular flexibility index (Phi) is 5.45. The SMILES string of the molecule is C=C[C@]1(CCc2cc(F)c3cc(Cl)c(N)nc3c2)C[C@@H](n2ccc3c(N)ncnc32)[C@@H]2OC(C)(C)O[C@@H]21. The van der Waals surface area contributed by atoms with Gasteiger partial charge in [-0.3, -0.25) is 0 Å². The van der Waals surface area contributed by atoms with Crippen LogP contribution in [0.25, 0.3) is 21.9 Å². The number of pyridine rings is 1. The molecular weight excluding hydrogens is 495 g/mol. The summed E-state index contributed by atoms with van der Waals surface area (Å²) in [6, 6.07) is 6.78. The normalized spacial score (nSPS) is 26.6. The molecule has 0 bridgehead atoms. The summed E-state index contributed by atoms with van der Waals surface area (Å²) in [5, 5.41) is 1.38. The monoisotopic (exact) mass is 522 g/mol. The molecule has 0 amide bonds. The lowest BCUT2D eigenvalue weighted by Gasteiger charge is -2.32. The third-order valence-electron chi connectivity index (χ3n) is 7.77. The topological polar surface area (TPSA) is 114 Å². The number of fused-ring (bicyclic) bond motifs is 3. The van der Waals surface area contributed by atoms with Gasteiger partial charge in [0.05, 0.1) is 28.1 Å². The van der Waals surface area contributed by atoms with Gasteiger partial charge < -0.3 is 25.5 Å². The standard InChI is InChI=1S/C27H28ClFN6O2/c1-4-27(7-5-14-9-18(29)16-11-17(28)24(31)34-19(16)10-14)12-20(21-22(27)37-26(2,3)36-21)35-8-6-15-23(30)32-13-33-25(15)35/h4,6,8-11,13,20-22H,1,5,7,12H2,2-3H3,(H2,31,34)(H2,30,32,33)/t20-,21+,22+,27+/m1/s1. The van der Waals surface area contributed by atoms with Gasteiger partial charge in [0.1, 0.15) is 35.5 Å². The molecule has 1 saturated carbocycles. The molecule has 1 aliphatic carbocycles. The van der Waals surface area contributed by atoms with Gasteiger partial charge in [-0.05, 0) is 62.9 Å². The second kappa shape index (κ2) is 8.37. The van der Waals surface area contributed by atoms with Gasteiger partial charge in [0, 0.05) is 17.0 Å². The molecule has 8 nitrogen and oxygen atoms in total. The Labute approximate surface area is 218 Å². The fraction of sp³-hybridized carbons (Fsp3) is 0.370. The number of anilines is 2. The summed E-state index contributed by atoms with van der Waals surface area (Å²) in [4.78, 5) is 12.9. The smallest absolute Gasteiger partial charge is 0.163 e. The first-order valence-corrected chi connectivity index (χ1v) is 12.6. The minimum Gasteiger partial charge on any atom is -0.383 e. The molecule has 2 fully saturated rings. The Morgan fingerprint density at radius 1 is 1.19 bits per heavy atom. The fourth-order valence-corrected chi connectivity index (χ4v) is 6.15. The number of aromatic nitrogens is 4. The largest absolute Gasteiger partial charge is 0.383 e. The van der Waals surface area contributed by atoms with Crippen LogP contribution in [0.15, 0.2) is 49.4 Å². The number of ether oxygens (including phenoxy) is 2. The van der Waals surface area contributed by atoms with E-state index in [4.69, 9.17) is 32.5 Å². The first kappa shape index (κ1) is 24.1. The van der Waals surface area contributed by atoms with Crippen molar-refractivity contribution in [2.45, 2.75) is 57.1 Å². The van der Waals surface area contributed by atoms with Crippen LogP contribution >= 0.6 is 11.6 Å². The Balaban J connectivity index is 1.35. The van der Waals surface area contributed by atoms with Crippen molar-refractivity contribution in [3.05, 3.63) is 65.8 Å². The maximum Gasteiger partial charge on any atom is 0.163 e. The fourth-order valence-electron chi connectivity index (χ4n) is 6.00. The molecule has 4 atom stereocenters. The third kappa shape index (κ3) is 3.84. The van der Waals surface area contributed by atoms with Gasteiger partial charge in [0.2, 0.25) is 0 Å². The number of nitrogen functional groups attached to an aromatic ring is 2. The summed E-state index contributed by atoms with van der Waals surface area (Å²) < 4.78 is 30.0. The molecule has 1 aromatic carbocycles. The summed E-state index contributed by atoms with van der Waals surface area (Å²) in [6.45, 7) is 8.05. The molecule has 10 heteroatoms. The average Bonchev–Trinajstić information content (AvgIpc) is 3.50. The Morgan fingerprint density at radius 3 is 2.78 bits per heavy atom. The minimum absolute atomic E-state index is 0.0616. The van der Waals surface area contributed by atoms with Crippen LogP contribution in [-0.4, -0.2) is 37.5 Å². The van der Waals surface area contributed by atoms with Crippen molar-refractivity contribution in [3.63, 3.8) is 0 Å². The van der Waals surface area contributed by atoms with E-state index in [0.29, 0.717) is 36.0 Å². The lowest BCUT2D eigenvalue weighted by atomic mass is 9.78. The van der Waals surface area contributed by atoms with Crippen molar-refractivity contribution >= 4 is 45.2 Å². The highest BCUT2D eigenvalue weighted by Crippen LogP contribution is 2.56. The number of hydrogen-bond donors (Lipinski definition) is 2. The van der Waals surface area contributed by atoms with Gasteiger partial charge in [-0.15, -0.1) is 6.58 Å². The van der Waals surface area contributed by atoms with Gasteiger partial charge >= 0.3 is 0 Å². The van der Waals surface area contributed by atoms with Crippen molar-refractivity contribution in [2.75, 3.05) is 11.5 Å². The lowest BCUT2D eigenvalue weighted by molar-refractivity contribution is -0.165. The van der Waals surface area contributed by atoms with Crippen LogP contribution in [0.4, 0.5) is 16.0 Å². The van der Waals surface area contributed by atoms with Crippen molar-refractivity contribution in [1.82, 2.24) is 19.5 Å². The van der Waals surface area contributed by atoms with Gasteiger partial charge in [-0.2, -0.15) is 0 Å². The van der Waals surface area contributed by atoms with Crippen molar-refractivity contribution in [2.24, 2.45) is 5.41 Å². The van der Waals surface area contributed by atoms with Crippen molar-refractivity contribution in [1.29, 1.82) is 0 Å².